The Labute approximate surface area is 194 Å². The van der Waals surface area contributed by atoms with Gasteiger partial charge in [0.2, 0.25) is 0 Å². The van der Waals surface area contributed by atoms with Crippen LogP contribution in [0.1, 0.15) is 18.1 Å². The number of aromatic nitrogens is 2. The predicted octanol–water partition coefficient (Wildman–Crippen LogP) is 4.40. The van der Waals surface area contributed by atoms with Gasteiger partial charge in [-0.3, -0.25) is 0 Å². The first-order valence-electron chi connectivity index (χ1n) is 9.57. The Morgan fingerprint density at radius 1 is 1.07 bits per heavy atom. The van der Waals surface area contributed by atoms with Crippen molar-refractivity contribution < 1.29 is 0 Å². The maximum Gasteiger partial charge on any atom is 0.191 e. The number of nitrogens with zero attached hydrogens (tertiary/aromatic N) is 3. The third kappa shape index (κ3) is 8.49. The third-order valence-corrected chi connectivity index (χ3v) is 5.10. The molecule has 0 spiro atoms. The number of thioether (sulfide) groups is 1. The van der Waals surface area contributed by atoms with Gasteiger partial charge in [-0.15, -0.1) is 35.7 Å². The Balaban J connectivity index is 0.00000300. The minimum atomic E-state index is 0. The molecule has 0 atom stereocenters. The SMILES string of the molecule is CCNC(=NCc1cccc(Cn2ccnc2)c1)NCCSc1ccccc1.I. The average molecular weight is 521 g/mol. The van der Waals surface area contributed by atoms with Crippen molar-refractivity contribution in [3.8, 4) is 0 Å². The van der Waals surface area contributed by atoms with E-state index in [0.717, 1.165) is 31.3 Å². The van der Waals surface area contributed by atoms with E-state index in [1.807, 2.05) is 30.4 Å². The van der Waals surface area contributed by atoms with Crippen LogP contribution in [0.15, 0.2) is 83.2 Å². The highest BCUT2D eigenvalue weighted by Crippen LogP contribution is 2.15. The topological polar surface area (TPSA) is 54.2 Å². The van der Waals surface area contributed by atoms with E-state index in [1.165, 1.54) is 16.0 Å². The van der Waals surface area contributed by atoms with Crippen molar-refractivity contribution in [1.82, 2.24) is 20.2 Å². The molecule has 0 bridgehead atoms. The molecule has 0 amide bonds. The maximum atomic E-state index is 4.73. The molecule has 0 aliphatic carbocycles. The summed E-state index contributed by atoms with van der Waals surface area (Å²) in [6.45, 7) is 5.28. The molecule has 1 heterocycles. The van der Waals surface area contributed by atoms with E-state index in [9.17, 15) is 0 Å². The Hall–Kier alpha value is -2.00. The van der Waals surface area contributed by atoms with Gasteiger partial charge in [0.15, 0.2) is 5.96 Å². The molecule has 0 saturated carbocycles. The Bertz CT molecular complexity index is 853. The van der Waals surface area contributed by atoms with Gasteiger partial charge >= 0.3 is 0 Å². The van der Waals surface area contributed by atoms with Crippen LogP contribution in [0.3, 0.4) is 0 Å². The van der Waals surface area contributed by atoms with Crippen LogP contribution in [0.5, 0.6) is 0 Å². The van der Waals surface area contributed by atoms with Gasteiger partial charge in [-0.25, -0.2) is 9.98 Å². The van der Waals surface area contributed by atoms with E-state index in [1.54, 1.807) is 6.20 Å². The van der Waals surface area contributed by atoms with Gasteiger partial charge in [-0.1, -0.05) is 42.5 Å². The molecule has 154 valence electrons. The molecule has 7 heteroatoms. The first-order chi connectivity index (χ1) is 13.8. The summed E-state index contributed by atoms with van der Waals surface area (Å²) in [5.74, 6) is 1.85. The summed E-state index contributed by atoms with van der Waals surface area (Å²) in [5, 5.41) is 6.74. The zero-order valence-corrected chi connectivity index (χ0v) is 19.8. The number of nitrogens with one attached hydrogen (secondary N) is 2. The standard InChI is InChI=1S/C22H27N5S.HI/c1-2-24-22(25-12-14-28-21-9-4-3-5-10-21)26-16-19-7-6-8-20(15-19)17-27-13-11-23-18-27;/h3-11,13,15,18H,2,12,14,16-17H2,1H3,(H2,24,25,26);1H. The molecular formula is C22H28IN5S. The quantitative estimate of drug-likeness (QED) is 0.144. The fourth-order valence-electron chi connectivity index (χ4n) is 2.78. The van der Waals surface area contributed by atoms with E-state index in [-0.39, 0.29) is 24.0 Å². The van der Waals surface area contributed by atoms with Crippen LogP contribution in [-0.4, -0.2) is 34.4 Å². The predicted molar refractivity (Wildman–Crippen MR) is 133 cm³/mol. The molecule has 2 aromatic carbocycles. The minimum Gasteiger partial charge on any atom is -0.357 e. The van der Waals surface area contributed by atoms with Crippen molar-refractivity contribution in [2.75, 3.05) is 18.8 Å². The Morgan fingerprint density at radius 2 is 1.90 bits per heavy atom. The van der Waals surface area contributed by atoms with E-state index in [4.69, 9.17) is 4.99 Å². The van der Waals surface area contributed by atoms with Crippen LogP contribution in [-0.2, 0) is 13.1 Å². The van der Waals surface area contributed by atoms with E-state index < -0.39 is 0 Å². The van der Waals surface area contributed by atoms with Crippen molar-refractivity contribution in [3.63, 3.8) is 0 Å². The summed E-state index contributed by atoms with van der Waals surface area (Å²) in [6, 6.07) is 19.0. The van der Waals surface area contributed by atoms with Gasteiger partial charge < -0.3 is 15.2 Å². The van der Waals surface area contributed by atoms with Gasteiger partial charge in [0.25, 0.3) is 0 Å². The summed E-state index contributed by atoms with van der Waals surface area (Å²) in [7, 11) is 0. The molecule has 3 aromatic rings. The molecule has 5 nitrogen and oxygen atoms in total. The van der Waals surface area contributed by atoms with Crippen LogP contribution in [0.25, 0.3) is 0 Å². The van der Waals surface area contributed by atoms with E-state index in [2.05, 4.69) is 75.6 Å². The summed E-state index contributed by atoms with van der Waals surface area (Å²) in [5.41, 5.74) is 2.45. The summed E-state index contributed by atoms with van der Waals surface area (Å²) in [4.78, 5) is 10.1. The molecule has 29 heavy (non-hydrogen) atoms. The first-order valence-corrected chi connectivity index (χ1v) is 10.6. The van der Waals surface area contributed by atoms with Crippen molar-refractivity contribution in [3.05, 3.63) is 84.4 Å². The normalized spacial score (nSPS) is 11.0. The lowest BCUT2D eigenvalue weighted by Gasteiger charge is -2.11. The number of rotatable bonds is 9. The van der Waals surface area contributed by atoms with Gasteiger partial charge in [0.1, 0.15) is 0 Å². The van der Waals surface area contributed by atoms with Crippen LogP contribution in [0, 0.1) is 0 Å². The highest BCUT2D eigenvalue weighted by Gasteiger charge is 2.00. The van der Waals surface area contributed by atoms with Gasteiger partial charge in [-0.2, -0.15) is 0 Å². The smallest absolute Gasteiger partial charge is 0.191 e. The van der Waals surface area contributed by atoms with Gasteiger partial charge in [0, 0.05) is 42.7 Å². The van der Waals surface area contributed by atoms with Crippen molar-refractivity contribution in [1.29, 1.82) is 0 Å². The number of guanidine groups is 1. The molecule has 0 aliphatic heterocycles. The van der Waals surface area contributed by atoms with Crippen molar-refractivity contribution in [2.24, 2.45) is 4.99 Å². The largest absolute Gasteiger partial charge is 0.357 e. The summed E-state index contributed by atoms with van der Waals surface area (Å²) >= 11 is 1.85. The molecule has 2 N–H and O–H groups in total. The molecule has 0 radical (unpaired) electrons. The lowest BCUT2D eigenvalue weighted by molar-refractivity contribution is 0.794. The van der Waals surface area contributed by atoms with E-state index in [0.29, 0.717) is 6.54 Å². The maximum absolute atomic E-state index is 4.73. The highest BCUT2D eigenvalue weighted by molar-refractivity contribution is 14.0. The van der Waals surface area contributed by atoms with E-state index >= 15 is 0 Å². The van der Waals surface area contributed by atoms with Gasteiger partial charge in [-0.05, 0) is 30.2 Å². The molecule has 3 rings (SSSR count). The molecule has 1 aromatic heterocycles. The molecule has 0 fully saturated rings. The number of benzene rings is 2. The number of aliphatic imine (C=N–C) groups is 1. The summed E-state index contributed by atoms with van der Waals surface area (Å²) in [6.07, 6.45) is 5.62. The second-order valence-corrected chi connectivity index (χ2v) is 7.51. The second-order valence-electron chi connectivity index (χ2n) is 6.34. The molecule has 0 aliphatic rings. The van der Waals surface area contributed by atoms with Crippen molar-refractivity contribution >= 4 is 41.7 Å². The number of imidazole rings is 1. The van der Waals surface area contributed by atoms with Crippen LogP contribution < -0.4 is 10.6 Å². The average Bonchev–Trinajstić information content (AvgIpc) is 3.23. The van der Waals surface area contributed by atoms with Crippen LogP contribution >= 0.6 is 35.7 Å². The Morgan fingerprint density at radius 3 is 2.66 bits per heavy atom. The molecular weight excluding hydrogens is 493 g/mol. The van der Waals surface area contributed by atoms with Crippen LogP contribution in [0.2, 0.25) is 0 Å². The molecule has 0 saturated heterocycles. The number of hydrogen-bond donors (Lipinski definition) is 2. The monoisotopic (exact) mass is 521 g/mol. The Kier molecular flexibility index (Phi) is 10.6. The lowest BCUT2D eigenvalue weighted by atomic mass is 10.1. The van der Waals surface area contributed by atoms with Crippen molar-refractivity contribution in [2.45, 2.75) is 24.9 Å². The molecule has 0 unspecified atom stereocenters. The highest BCUT2D eigenvalue weighted by atomic mass is 127. The fourth-order valence-corrected chi connectivity index (χ4v) is 3.57. The van der Waals surface area contributed by atoms with Crippen LogP contribution in [0.4, 0.5) is 0 Å². The first kappa shape index (κ1) is 23.3. The fraction of sp³-hybridized carbons (Fsp3) is 0.273. The number of halogens is 1. The summed E-state index contributed by atoms with van der Waals surface area (Å²) < 4.78 is 2.07. The minimum absolute atomic E-state index is 0. The third-order valence-electron chi connectivity index (χ3n) is 4.09. The zero-order chi connectivity index (χ0) is 19.4. The lowest BCUT2D eigenvalue weighted by Crippen LogP contribution is -2.38. The second kappa shape index (κ2) is 13.3. The van der Waals surface area contributed by atoms with Gasteiger partial charge in [0.05, 0.1) is 12.9 Å². The number of hydrogen-bond acceptors (Lipinski definition) is 3. The zero-order valence-electron chi connectivity index (χ0n) is 16.6.